The van der Waals surface area contributed by atoms with E-state index in [4.69, 9.17) is 9.97 Å². The number of para-hydroxylation sites is 2. The number of rotatable bonds is 4. The fourth-order valence-corrected chi connectivity index (χ4v) is 7.45. The van der Waals surface area contributed by atoms with Gasteiger partial charge in [0.2, 0.25) is 0 Å². The van der Waals surface area contributed by atoms with Crippen LogP contribution in [-0.2, 0) is 0 Å². The molecule has 10 rings (SSSR count). The zero-order valence-electron chi connectivity index (χ0n) is 26.6. The van der Waals surface area contributed by atoms with Gasteiger partial charge >= 0.3 is 0 Å². The van der Waals surface area contributed by atoms with Gasteiger partial charge in [-0.05, 0) is 57.3 Å². The van der Waals surface area contributed by atoms with Gasteiger partial charge in [-0.1, -0.05) is 146 Å². The van der Waals surface area contributed by atoms with Crippen molar-refractivity contribution in [3.63, 3.8) is 0 Å². The third-order valence-electron chi connectivity index (χ3n) is 9.86. The first-order valence-corrected chi connectivity index (χ1v) is 16.7. The van der Waals surface area contributed by atoms with Gasteiger partial charge in [-0.15, -0.1) is 0 Å². The molecule has 8 aromatic carbocycles. The molecule has 0 saturated carbocycles. The molecule has 228 valence electrons. The van der Waals surface area contributed by atoms with E-state index in [2.05, 4.69) is 174 Å². The summed E-state index contributed by atoms with van der Waals surface area (Å²) < 4.78 is 2.36. The molecule has 49 heavy (non-hydrogen) atoms. The largest absolute Gasteiger partial charge is 0.309 e. The molecule has 0 spiro atoms. The minimum absolute atomic E-state index is 0.874. The summed E-state index contributed by atoms with van der Waals surface area (Å²) in [5.74, 6) is 0. The van der Waals surface area contributed by atoms with Crippen molar-refractivity contribution < 1.29 is 0 Å². The molecule has 0 atom stereocenters. The fraction of sp³-hybridized carbons (Fsp3) is 0. The predicted octanol–water partition coefficient (Wildman–Crippen LogP) is 12.0. The molecule has 3 heteroatoms. The highest BCUT2D eigenvalue weighted by Crippen LogP contribution is 2.35. The van der Waals surface area contributed by atoms with E-state index in [0.717, 1.165) is 38.8 Å². The molecule has 0 radical (unpaired) electrons. The van der Waals surface area contributed by atoms with Gasteiger partial charge in [-0.3, -0.25) is 4.98 Å². The van der Waals surface area contributed by atoms with E-state index < -0.39 is 0 Å². The molecule has 0 saturated heterocycles. The maximum Gasteiger partial charge on any atom is 0.0979 e. The Kier molecular flexibility index (Phi) is 6.18. The SMILES string of the molecule is c1ccc2c(c1)c1ccccc1c1nc(-c3ccc(-c4ccc(-c5ccc(-n6c7ccccc7c7ccccc76)cc5)cc4)cc3)cnc21. The number of fused-ring (bicyclic) bond motifs is 9. The fourth-order valence-electron chi connectivity index (χ4n) is 7.45. The highest BCUT2D eigenvalue weighted by atomic mass is 15.0. The summed E-state index contributed by atoms with van der Waals surface area (Å²) in [6.07, 6.45) is 1.90. The lowest BCUT2D eigenvalue weighted by molar-refractivity contribution is 1.18. The number of hydrogen-bond donors (Lipinski definition) is 0. The van der Waals surface area contributed by atoms with Gasteiger partial charge in [0.05, 0.1) is 34.0 Å². The van der Waals surface area contributed by atoms with Crippen LogP contribution in [0.1, 0.15) is 0 Å². The van der Waals surface area contributed by atoms with Crippen LogP contribution in [0.4, 0.5) is 0 Å². The first-order chi connectivity index (χ1) is 24.3. The molecule has 0 bridgehead atoms. The van der Waals surface area contributed by atoms with Gasteiger partial charge in [0.25, 0.3) is 0 Å². The van der Waals surface area contributed by atoms with Crippen molar-refractivity contribution in [3.8, 4) is 39.2 Å². The van der Waals surface area contributed by atoms with E-state index in [1.54, 1.807) is 0 Å². The predicted molar refractivity (Wildman–Crippen MR) is 205 cm³/mol. The van der Waals surface area contributed by atoms with Crippen molar-refractivity contribution in [2.45, 2.75) is 0 Å². The van der Waals surface area contributed by atoms with Crippen LogP contribution in [0.25, 0.3) is 93.6 Å². The van der Waals surface area contributed by atoms with E-state index in [-0.39, 0.29) is 0 Å². The molecule has 3 nitrogen and oxygen atoms in total. The zero-order valence-corrected chi connectivity index (χ0v) is 26.6. The molecule has 0 fully saturated rings. The summed E-state index contributed by atoms with van der Waals surface area (Å²) in [5, 5.41) is 7.22. The van der Waals surface area contributed by atoms with Crippen LogP contribution in [0, 0.1) is 0 Å². The molecule has 10 aromatic rings. The monoisotopic (exact) mass is 623 g/mol. The molecule has 0 aliphatic rings. The maximum absolute atomic E-state index is 5.16. The highest BCUT2D eigenvalue weighted by molar-refractivity contribution is 6.23. The lowest BCUT2D eigenvalue weighted by atomic mass is 9.98. The summed E-state index contributed by atoms with van der Waals surface area (Å²) in [4.78, 5) is 10.1. The Hall–Kier alpha value is -6.58. The van der Waals surface area contributed by atoms with E-state index in [0.29, 0.717) is 0 Å². The summed E-state index contributed by atoms with van der Waals surface area (Å²) in [6, 6.07) is 60.6. The Morgan fingerprint density at radius 1 is 0.327 bits per heavy atom. The second kappa shape index (κ2) is 11.0. The second-order valence-corrected chi connectivity index (χ2v) is 12.6. The number of hydrogen-bond acceptors (Lipinski definition) is 2. The van der Waals surface area contributed by atoms with Crippen molar-refractivity contribution in [3.05, 3.63) is 176 Å². The van der Waals surface area contributed by atoms with Crippen LogP contribution < -0.4 is 0 Å². The Morgan fingerprint density at radius 3 is 1.22 bits per heavy atom. The van der Waals surface area contributed by atoms with Crippen molar-refractivity contribution in [2.24, 2.45) is 0 Å². The minimum Gasteiger partial charge on any atom is -0.309 e. The maximum atomic E-state index is 5.16. The molecular formula is C46H29N3. The van der Waals surface area contributed by atoms with Crippen LogP contribution in [0.15, 0.2) is 176 Å². The summed E-state index contributed by atoms with van der Waals surface area (Å²) in [7, 11) is 0. The first kappa shape index (κ1) is 27.5. The molecule has 0 N–H and O–H groups in total. The lowest BCUT2D eigenvalue weighted by Crippen LogP contribution is -1.93. The van der Waals surface area contributed by atoms with Crippen LogP contribution in [0.2, 0.25) is 0 Å². The third kappa shape index (κ3) is 4.44. The molecule has 0 unspecified atom stereocenters. The van der Waals surface area contributed by atoms with E-state index in [9.17, 15) is 0 Å². The molecular weight excluding hydrogens is 595 g/mol. The normalized spacial score (nSPS) is 11.7. The third-order valence-corrected chi connectivity index (χ3v) is 9.86. The van der Waals surface area contributed by atoms with Gasteiger partial charge in [-0.2, -0.15) is 0 Å². The topological polar surface area (TPSA) is 30.7 Å². The molecule has 0 amide bonds. The zero-order chi connectivity index (χ0) is 32.3. The Balaban J connectivity index is 0.940. The lowest BCUT2D eigenvalue weighted by Gasteiger charge is -2.11. The van der Waals surface area contributed by atoms with E-state index in [1.807, 2.05) is 6.20 Å². The number of aromatic nitrogens is 3. The van der Waals surface area contributed by atoms with Crippen LogP contribution in [0.3, 0.4) is 0 Å². The van der Waals surface area contributed by atoms with Crippen molar-refractivity contribution in [1.29, 1.82) is 0 Å². The summed E-state index contributed by atoms with van der Waals surface area (Å²) >= 11 is 0. The molecule has 0 aliphatic carbocycles. The Bertz CT molecular complexity index is 2760. The molecule has 2 heterocycles. The smallest absolute Gasteiger partial charge is 0.0979 e. The average molecular weight is 624 g/mol. The van der Waals surface area contributed by atoms with Gasteiger partial charge in [0.15, 0.2) is 0 Å². The van der Waals surface area contributed by atoms with Gasteiger partial charge in [0.1, 0.15) is 0 Å². The molecule has 2 aromatic heterocycles. The van der Waals surface area contributed by atoms with E-state index in [1.165, 1.54) is 54.8 Å². The van der Waals surface area contributed by atoms with Crippen LogP contribution >= 0.6 is 0 Å². The van der Waals surface area contributed by atoms with Crippen LogP contribution in [-0.4, -0.2) is 14.5 Å². The standard InChI is InChI=1S/C46H29N3/c1-3-13-40-36(9-1)37-10-2-4-14-41(37)46-45(40)47-29-42(48-46)34-23-21-32(22-24-34)30-17-19-31(20-18-30)33-25-27-35(28-26-33)49-43-15-7-5-11-38(43)39-12-6-8-16-44(39)49/h1-29H. The number of nitrogens with zero attached hydrogens (tertiary/aromatic N) is 3. The van der Waals surface area contributed by atoms with E-state index >= 15 is 0 Å². The Labute approximate surface area is 283 Å². The summed E-state index contributed by atoms with van der Waals surface area (Å²) in [6.45, 7) is 0. The van der Waals surface area contributed by atoms with Gasteiger partial charge in [0, 0.05) is 32.8 Å². The summed E-state index contributed by atoms with van der Waals surface area (Å²) in [5.41, 5.74) is 12.2. The minimum atomic E-state index is 0.874. The highest BCUT2D eigenvalue weighted by Gasteiger charge is 2.13. The van der Waals surface area contributed by atoms with Crippen molar-refractivity contribution >= 4 is 54.4 Å². The average Bonchev–Trinajstić information content (AvgIpc) is 3.52. The van der Waals surface area contributed by atoms with Crippen molar-refractivity contribution in [2.75, 3.05) is 0 Å². The Morgan fingerprint density at radius 2 is 0.714 bits per heavy atom. The van der Waals surface area contributed by atoms with Gasteiger partial charge < -0.3 is 4.57 Å². The van der Waals surface area contributed by atoms with Crippen LogP contribution in [0.5, 0.6) is 0 Å². The van der Waals surface area contributed by atoms with Crippen molar-refractivity contribution in [1.82, 2.24) is 14.5 Å². The number of benzene rings is 8. The first-order valence-electron chi connectivity index (χ1n) is 16.7. The van der Waals surface area contributed by atoms with Gasteiger partial charge in [-0.25, -0.2) is 4.98 Å². The second-order valence-electron chi connectivity index (χ2n) is 12.6. The molecule has 0 aliphatic heterocycles. The quantitative estimate of drug-likeness (QED) is 0.183.